The molecule has 3 heteroatoms. The molecule has 148 valence electrons. The third-order valence-corrected chi connectivity index (χ3v) is 4.62. The molecule has 0 heterocycles. The number of rotatable bonds is 7. The number of hydrogen-bond acceptors (Lipinski definition) is 3. The van der Waals surface area contributed by atoms with Gasteiger partial charge in [-0.15, -0.1) is 0 Å². The van der Waals surface area contributed by atoms with Crippen molar-refractivity contribution in [3.8, 4) is 11.5 Å². The van der Waals surface area contributed by atoms with E-state index in [0.29, 0.717) is 0 Å². The zero-order valence-corrected chi connectivity index (χ0v) is 17.2. The van der Waals surface area contributed by atoms with E-state index in [-0.39, 0.29) is 5.75 Å². The molecule has 0 aliphatic carbocycles. The molecule has 0 saturated carbocycles. The maximum absolute atomic E-state index is 10.1. The van der Waals surface area contributed by atoms with E-state index in [2.05, 4.69) is 43.3 Å². The van der Waals surface area contributed by atoms with E-state index in [0.717, 1.165) is 28.9 Å². The Hall–Kier alpha value is -3.46. The zero-order valence-electron chi connectivity index (χ0n) is 17.2. The zero-order chi connectivity index (χ0) is 20.6. The fourth-order valence-electron chi connectivity index (χ4n) is 3.27. The van der Waals surface area contributed by atoms with E-state index in [1.54, 1.807) is 12.3 Å². The van der Waals surface area contributed by atoms with Gasteiger partial charge in [0, 0.05) is 20.3 Å². The Bertz CT molecular complexity index is 987. The van der Waals surface area contributed by atoms with E-state index in [1.165, 1.54) is 11.1 Å². The van der Waals surface area contributed by atoms with Crippen molar-refractivity contribution in [3.05, 3.63) is 108 Å². The van der Waals surface area contributed by atoms with E-state index in [9.17, 15) is 5.11 Å². The summed E-state index contributed by atoms with van der Waals surface area (Å²) in [6, 6.07) is 25.9. The minimum Gasteiger partial charge on any atom is -0.508 e. The first-order valence-corrected chi connectivity index (χ1v) is 9.76. The summed E-state index contributed by atoms with van der Waals surface area (Å²) in [4.78, 5) is 1.92. The monoisotopic (exact) mass is 385 g/mol. The Morgan fingerprint density at radius 1 is 0.862 bits per heavy atom. The van der Waals surface area contributed by atoms with Gasteiger partial charge >= 0.3 is 0 Å². The maximum Gasteiger partial charge on any atom is 0.126 e. The number of allylic oxidation sites excluding steroid dienone is 1. The largest absolute Gasteiger partial charge is 0.508 e. The molecular weight excluding hydrogens is 358 g/mol. The van der Waals surface area contributed by atoms with Crippen LogP contribution in [0.25, 0.3) is 11.1 Å². The van der Waals surface area contributed by atoms with E-state index in [4.69, 9.17) is 4.74 Å². The predicted molar refractivity (Wildman–Crippen MR) is 121 cm³/mol. The van der Waals surface area contributed by atoms with Crippen molar-refractivity contribution in [2.24, 2.45) is 0 Å². The van der Waals surface area contributed by atoms with Crippen LogP contribution in [0.2, 0.25) is 0 Å². The van der Waals surface area contributed by atoms with Crippen LogP contribution in [0.3, 0.4) is 0 Å². The third-order valence-electron chi connectivity index (χ3n) is 4.62. The first-order chi connectivity index (χ1) is 14.1. The summed E-state index contributed by atoms with van der Waals surface area (Å²) in [5.41, 5.74) is 5.61. The number of ether oxygens (including phenoxy) is 1. The number of hydrogen-bond donors (Lipinski definition) is 1. The smallest absolute Gasteiger partial charge is 0.126 e. The van der Waals surface area contributed by atoms with Crippen molar-refractivity contribution in [1.29, 1.82) is 0 Å². The SMILES string of the molecule is CCC(=C(c1ccc(OC=CN(C)C)cc1)c1cccc(O)c1)c1ccccc1. The van der Waals surface area contributed by atoms with Crippen molar-refractivity contribution < 1.29 is 9.84 Å². The second-order valence-electron chi connectivity index (χ2n) is 7.01. The summed E-state index contributed by atoms with van der Waals surface area (Å²) in [6.07, 6.45) is 4.40. The van der Waals surface area contributed by atoms with Crippen molar-refractivity contribution in [2.45, 2.75) is 13.3 Å². The third kappa shape index (κ3) is 5.29. The Morgan fingerprint density at radius 2 is 1.55 bits per heavy atom. The molecule has 29 heavy (non-hydrogen) atoms. The molecule has 3 aromatic rings. The van der Waals surface area contributed by atoms with E-state index >= 15 is 0 Å². The first kappa shape index (κ1) is 20.3. The maximum atomic E-state index is 10.1. The highest BCUT2D eigenvalue weighted by atomic mass is 16.5. The normalized spacial score (nSPS) is 12.0. The molecule has 0 spiro atoms. The average molecular weight is 386 g/mol. The highest BCUT2D eigenvalue weighted by molar-refractivity contribution is 5.98. The predicted octanol–water partition coefficient (Wildman–Crippen LogP) is 6.17. The van der Waals surface area contributed by atoms with Crippen LogP contribution in [0.5, 0.6) is 11.5 Å². The van der Waals surface area contributed by atoms with Gasteiger partial charge in [0.2, 0.25) is 0 Å². The Kier molecular flexibility index (Phi) is 6.75. The fourth-order valence-corrected chi connectivity index (χ4v) is 3.27. The van der Waals surface area contributed by atoms with Crippen LogP contribution in [-0.2, 0) is 0 Å². The molecule has 3 rings (SSSR count). The van der Waals surface area contributed by atoms with Crippen molar-refractivity contribution in [3.63, 3.8) is 0 Å². The molecule has 0 aliphatic rings. The van der Waals surface area contributed by atoms with Crippen LogP contribution in [0.15, 0.2) is 91.3 Å². The van der Waals surface area contributed by atoms with Crippen LogP contribution < -0.4 is 4.74 Å². The van der Waals surface area contributed by atoms with Gasteiger partial charge in [0.25, 0.3) is 0 Å². The van der Waals surface area contributed by atoms with Gasteiger partial charge in [0.1, 0.15) is 17.8 Å². The summed E-state index contributed by atoms with van der Waals surface area (Å²) < 4.78 is 5.67. The van der Waals surface area contributed by atoms with Gasteiger partial charge in [0.15, 0.2) is 0 Å². The lowest BCUT2D eigenvalue weighted by molar-refractivity contribution is 0.454. The molecule has 0 radical (unpaired) electrons. The molecule has 0 aliphatic heterocycles. The lowest BCUT2D eigenvalue weighted by atomic mass is 9.88. The van der Waals surface area contributed by atoms with Gasteiger partial charge in [-0.05, 0) is 58.5 Å². The molecule has 0 atom stereocenters. The molecular formula is C26H27NO2. The molecule has 0 saturated heterocycles. The van der Waals surface area contributed by atoms with Crippen LogP contribution in [0.1, 0.15) is 30.0 Å². The number of aromatic hydroxyl groups is 1. The van der Waals surface area contributed by atoms with Crippen LogP contribution >= 0.6 is 0 Å². The van der Waals surface area contributed by atoms with E-state index in [1.807, 2.05) is 61.6 Å². The summed E-state index contributed by atoms with van der Waals surface area (Å²) >= 11 is 0. The second-order valence-corrected chi connectivity index (χ2v) is 7.01. The molecule has 3 nitrogen and oxygen atoms in total. The Labute approximate surface area is 173 Å². The van der Waals surface area contributed by atoms with Gasteiger partial charge < -0.3 is 14.7 Å². The number of phenols is 1. The highest BCUT2D eigenvalue weighted by Crippen LogP contribution is 2.36. The average Bonchev–Trinajstić information content (AvgIpc) is 2.73. The van der Waals surface area contributed by atoms with Crippen LogP contribution in [0.4, 0.5) is 0 Å². The molecule has 3 aromatic carbocycles. The minimum absolute atomic E-state index is 0.261. The first-order valence-electron chi connectivity index (χ1n) is 9.76. The topological polar surface area (TPSA) is 32.7 Å². The van der Waals surface area contributed by atoms with Crippen LogP contribution in [0, 0.1) is 0 Å². The van der Waals surface area contributed by atoms with Gasteiger partial charge in [-0.1, -0.05) is 61.5 Å². The summed E-state index contributed by atoms with van der Waals surface area (Å²) in [5, 5.41) is 10.1. The molecule has 0 bridgehead atoms. The summed E-state index contributed by atoms with van der Waals surface area (Å²) in [6.45, 7) is 2.16. The molecule has 1 N–H and O–H groups in total. The molecule has 0 unspecified atom stereocenters. The van der Waals surface area contributed by atoms with E-state index < -0.39 is 0 Å². The minimum atomic E-state index is 0.261. The molecule has 0 aromatic heterocycles. The Morgan fingerprint density at radius 3 is 2.17 bits per heavy atom. The number of benzene rings is 3. The van der Waals surface area contributed by atoms with Gasteiger partial charge in [0.05, 0.1) is 0 Å². The second kappa shape index (κ2) is 9.65. The number of phenolic OH excluding ortho intramolecular Hbond substituents is 1. The fraction of sp³-hybridized carbons (Fsp3) is 0.154. The molecule has 0 fully saturated rings. The van der Waals surface area contributed by atoms with Crippen molar-refractivity contribution >= 4 is 11.1 Å². The van der Waals surface area contributed by atoms with Gasteiger partial charge in [-0.25, -0.2) is 0 Å². The van der Waals surface area contributed by atoms with Crippen LogP contribution in [-0.4, -0.2) is 24.1 Å². The highest BCUT2D eigenvalue weighted by Gasteiger charge is 2.13. The van der Waals surface area contributed by atoms with Gasteiger partial charge in [-0.3, -0.25) is 0 Å². The lowest BCUT2D eigenvalue weighted by Gasteiger charge is -2.17. The Balaban J connectivity index is 2.08. The van der Waals surface area contributed by atoms with Gasteiger partial charge in [-0.2, -0.15) is 0 Å². The molecule has 0 amide bonds. The lowest BCUT2D eigenvalue weighted by Crippen LogP contribution is -2.01. The van der Waals surface area contributed by atoms with Crippen molar-refractivity contribution in [1.82, 2.24) is 4.90 Å². The summed E-state index contributed by atoms with van der Waals surface area (Å²) in [5.74, 6) is 1.04. The van der Waals surface area contributed by atoms with Crippen molar-refractivity contribution in [2.75, 3.05) is 14.1 Å². The standard InChI is InChI=1S/C26H27NO2/c1-4-25(20-9-6-5-7-10-20)26(22-11-8-12-23(28)19-22)21-13-15-24(16-14-21)29-18-17-27(2)3/h5-19,28H,4H2,1-3H3. The summed E-state index contributed by atoms with van der Waals surface area (Å²) in [7, 11) is 3.90. The quantitative estimate of drug-likeness (QED) is 0.390. The number of nitrogens with zero attached hydrogens (tertiary/aromatic N) is 1.